The van der Waals surface area contributed by atoms with Crippen LogP contribution in [0.25, 0.3) is 0 Å². The highest BCUT2D eigenvalue weighted by atomic mass is 16.1. The first-order valence-corrected chi connectivity index (χ1v) is 6.92. The summed E-state index contributed by atoms with van der Waals surface area (Å²) in [5.74, 6) is 0.194. The van der Waals surface area contributed by atoms with E-state index in [1.165, 1.54) is 11.3 Å². The van der Waals surface area contributed by atoms with Gasteiger partial charge in [-0.2, -0.15) is 0 Å². The van der Waals surface area contributed by atoms with Crippen LogP contribution >= 0.6 is 0 Å². The first kappa shape index (κ1) is 13.1. The Morgan fingerprint density at radius 1 is 1.44 bits per heavy atom. The van der Waals surface area contributed by atoms with E-state index in [1.807, 2.05) is 18.2 Å². The molecule has 0 aromatic heterocycles. The van der Waals surface area contributed by atoms with Crippen molar-refractivity contribution in [2.75, 3.05) is 25.0 Å². The second-order valence-electron chi connectivity index (χ2n) is 4.86. The number of aryl methyl sites for hydroxylation is 1. The lowest BCUT2D eigenvalue weighted by Gasteiger charge is -2.18. The first-order chi connectivity index (χ1) is 8.81. The van der Waals surface area contributed by atoms with Crippen LogP contribution in [-0.2, 0) is 6.42 Å². The van der Waals surface area contributed by atoms with Crippen LogP contribution in [0.4, 0.5) is 5.69 Å². The van der Waals surface area contributed by atoms with Gasteiger partial charge in [-0.25, -0.2) is 0 Å². The third-order valence-corrected chi connectivity index (χ3v) is 3.36. The van der Waals surface area contributed by atoms with Crippen LogP contribution in [0.2, 0.25) is 0 Å². The average Bonchev–Trinajstić information content (AvgIpc) is 2.43. The van der Waals surface area contributed by atoms with Crippen molar-refractivity contribution in [3.05, 3.63) is 29.3 Å². The largest absolute Gasteiger partial charge is 0.385 e. The molecule has 18 heavy (non-hydrogen) atoms. The van der Waals surface area contributed by atoms with Crippen molar-refractivity contribution in [3.63, 3.8) is 0 Å². The maximum atomic E-state index is 12.0. The fraction of sp³-hybridized carbons (Fsp3) is 0.533. The Morgan fingerprint density at radius 3 is 3.17 bits per heavy atom. The molecule has 0 radical (unpaired) electrons. The summed E-state index contributed by atoms with van der Waals surface area (Å²) in [4.78, 5) is 12.0. The maximum Gasteiger partial charge on any atom is 0.176 e. The Balaban J connectivity index is 1.94. The number of hydrogen-bond donors (Lipinski definition) is 2. The molecule has 2 N–H and O–H groups in total. The Hall–Kier alpha value is -1.35. The smallest absolute Gasteiger partial charge is 0.176 e. The van der Waals surface area contributed by atoms with Crippen molar-refractivity contribution in [2.45, 2.75) is 32.6 Å². The van der Waals surface area contributed by atoms with E-state index in [0.29, 0.717) is 6.54 Å². The second-order valence-corrected chi connectivity index (χ2v) is 4.86. The Kier molecular flexibility index (Phi) is 4.76. The van der Waals surface area contributed by atoms with E-state index in [-0.39, 0.29) is 5.78 Å². The van der Waals surface area contributed by atoms with Gasteiger partial charge in [0.25, 0.3) is 0 Å². The van der Waals surface area contributed by atoms with Gasteiger partial charge in [0.05, 0.1) is 6.54 Å². The molecule has 1 aromatic rings. The predicted octanol–water partition coefficient (Wildman–Crippen LogP) is 2.62. The molecular formula is C15H22N2O. The van der Waals surface area contributed by atoms with E-state index in [1.54, 1.807) is 0 Å². The molecule has 1 aliphatic heterocycles. The molecule has 3 nitrogen and oxygen atoms in total. The molecule has 0 spiro atoms. The summed E-state index contributed by atoms with van der Waals surface area (Å²) in [7, 11) is 0. The Labute approximate surface area is 109 Å². The number of anilines is 1. The molecule has 98 valence electrons. The zero-order valence-corrected chi connectivity index (χ0v) is 11.1. The fourth-order valence-corrected chi connectivity index (χ4v) is 2.25. The number of carbonyl (C=O) groups is 1. The summed E-state index contributed by atoms with van der Waals surface area (Å²) in [6.07, 6.45) is 4.51. The molecule has 3 heteroatoms. The van der Waals surface area contributed by atoms with Gasteiger partial charge in [0.15, 0.2) is 5.78 Å². The highest BCUT2D eigenvalue weighted by Crippen LogP contribution is 2.22. The van der Waals surface area contributed by atoms with Crippen molar-refractivity contribution in [1.82, 2.24) is 5.32 Å². The van der Waals surface area contributed by atoms with Crippen molar-refractivity contribution in [2.24, 2.45) is 0 Å². The minimum atomic E-state index is 0.194. The van der Waals surface area contributed by atoms with Crippen LogP contribution in [0, 0.1) is 0 Å². The normalized spacial score (nSPS) is 13.8. The summed E-state index contributed by atoms with van der Waals surface area (Å²) in [5.41, 5.74) is 3.30. The van der Waals surface area contributed by atoms with Crippen LogP contribution in [0.1, 0.15) is 42.1 Å². The van der Waals surface area contributed by atoms with E-state index in [9.17, 15) is 4.79 Å². The molecule has 0 fully saturated rings. The zero-order valence-electron chi connectivity index (χ0n) is 11.1. The average molecular weight is 246 g/mol. The molecule has 0 unspecified atom stereocenters. The Morgan fingerprint density at radius 2 is 2.33 bits per heavy atom. The summed E-state index contributed by atoms with van der Waals surface area (Å²) in [6.45, 7) is 4.57. The van der Waals surface area contributed by atoms with E-state index in [0.717, 1.165) is 44.3 Å². The lowest BCUT2D eigenvalue weighted by Crippen LogP contribution is -2.24. The lowest BCUT2D eigenvalue weighted by atomic mass is 9.99. The predicted molar refractivity (Wildman–Crippen MR) is 75.4 cm³/mol. The second kappa shape index (κ2) is 6.55. The van der Waals surface area contributed by atoms with E-state index >= 15 is 0 Å². The van der Waals surface area contributed by atoms with Gasteiger partial charge in [0.1, 0.15) is 0 Å². The van der Waals surface area contributed by atoms with Crippen LogP contribution in [0.3, 0.4) is 0 Å². The molecule has 1 aromatic carbocycles. The monoisotopic (exact) mass is 246 g/mol. The molecule has 0 saturated heterocycles. The quantitative estimate of drug-likeness (QED) is 0.599. The number of carbonyl (C=O) groups excluding carboxylic acids is 1. The van der Waals surface area contributed by atoms with Crippen molar-refractivity contribution in [1.29, 1.82) is 0 Å². The minimum Gasteiger partial charge on any atom is -0.385 e. The number of rotatable bonds is 6. The van der Waals surface area contributed by atoms with Crippen LogP contribution in [0.5, 0.6) is 0 Å². The topological polar surface area (TPSA) is 41.1 Å². The molecule has 0 bridgehead atoms. The minimum absolute atomic E-state index is 0.194. The summed E-state index contributed by atoms with van der Waals surface area (Å²) in [5, 5.41) is 6.56. The lowest BCUT2D eigenvalue weighted by molar-refractivity contribution is 0.0991. The maximum absolute atomic E-state index is 12.0. The van der Waals surface area contributed by atoms with Crippen LogP contribution in [0.15, 0.2) is 18.2 Å². The van der Waals surface area contributed by atoms with Gasteiger partial charge in [-0.1, -0.05) is 13.3 Å². The number of nitrogens with one attached hydrogen (secondary N) is 2. The molecule has 1 heterocycles. The molecule has 2 rings (SSSR count). The fourth-order valence-electron chi connectivity index (χ4n) is 2.25. The number of benzene rings is 1. The number of hydrogen-bond acceptors (Lipinski definition) is 3. The van der Waals surface area contributed by atoms with Crippen molar-refractivity contribution >= 4 is 11.5 Å². The van der Waals surface area contributed by atoms with Crippen molar-refractivity contribution in [3.8, 4) is 0 Å². The van der Waals surface area contributed by atoms with Gasteiger partial charge >= 0.3 is 0 Å². The van der Waals surface area contributed by atoms with Gasteiger partial charge < -0.3 is 10.6 Å². The van der Waals surface area contributed by atoms with Crippen LogP contribution in [-0.4, -0.2) is 25.4 Å². The van der Waals surface area contributed by atoms with Gasteiger partial charge in [-0.3, -0.25) is 4.79 Å². The van der Waals surface area contributed by atoms with Crippen molar-refractivity contribution < 1.29 is 4.79 Å². The zero-order chi connectivity index (χ0) is 12.8. The molecule has 0 amide bonds. The summed E-state index contributed by atoms with van der Waals surface area (Å²) >= 11 is 0. The number of unbranched alkanes of at least 4 members (excludes halogenated alkanes) is 1. The standard InChI is InChI=1S/C15H22N2O/c1-2-3-8-16-11-15(18)13-6-7-14-12(10-13)5-4-9-17-14/h6-7,10,16-17H,2-5,8-9,11H2,1H3. The number of fused-ring (bicyclic) bond motifs is 1. The van der Waals surface area contributed by atoms with Gasteiger partial charge in [-0.15, -0.1) is 0 Å². The highest BCUT2D eigenvalue weighted by Gasteiger charge is 2.12. The molecular weight excluding hydrogens is 224 g/mol. The Bertz CT molecular complexity index is 415. The molecule has 0 aliphatic carbocycles. The molecule has 0 atom stereocenters. The first-order valence-electron chi connectivity index (χ1n) is 6.92. The molecule has 0 saturated carbocycles. The van der Waals surface area contributed by atoms with Crippen LogP contribution < -0.4 is 10.6 Å². The van der Waals surface area contributed by atoms with Gasteiger partial charge in [-0.05, 0) is 49.6 Å². The van der Waals surface area contributed by atoms with E-state index in [4.69, 9.17) is 0 Å². The summed E-state index contributed by atoms with van der Waals surface area (Å²) < 4.78 is 0. The third kappa shape index (κ3) is 3.33. The van der Waals surface area contributed by atoms with Gasteiger partial charge in [0.2, 0.25) is 0 Å². The summed E-state index contributed by atoms with van der Waals surface area (Å²) in [6, 6.07) is 6.01. The number of Topliss-reactive ketones (excluding diaryl/α,β-unsaturated/α-hetero) is 1. The number of ketones is 1. The molecule has 1 aliphatic rings. The SMILES string of the molecule is CCCCNCC(=O)c1ccc2c(c1)CCCN2. The highest BCUT2D eigenvalue weighted by molar-refractivity contribution is 5.98. The van der Waals surface area contributed by atoms with E-state index in [2.05, 4.69) is 17.6 Å². The van der Waals surface area contributed by atoms with E-state index < -0.39 is 0 Å². The van der Waals surface area contributed by atoms with Gasteiger partial charge in [0, 0.05) is 17.8 Å². The third-order valence-electron chi connectivity index (χ3n) is 3.36.